The third-order valence-electron chi connectivity index (χ3n) is 6.25. The Morgan fingerprint density at radius 1 is 1.29 bits per heavy atom. The molecule has 12 heteroatoms. The topological polar surface area (TPSA) is 84.8 Å². The summed E-state index contributed by atoms with van der Waals surface area (Å²) in [6.45, 7) is 10.3. The fourth-order valence-electron chi connectivity index (χ4n) is 4.66. The second kappa shape index (κ2) is 7.51. The molecule has 2 aliphatic rings. The summed E-state index contributed by atoms with van der Waals surface area (Å²) in [5.41, 5.74) is -3.31. The molecule has 1 aromatic carbocycles. The number of quaternary nitrogens is 1. The molecule has 0 saturated carbocycles. The van der Waals surface area contributed by atoms with Crippen LogP contribution in [0, 0.1) is 6.57 Å². The molecule has 2 atom stereocenters. The first kappa shape index (κ1) is 23.6. The molecule has 0 radical (unpaired) electrons. The van der Waals surface area contributed by atoms with E-state index in [-0.39, 0.29) is 23.8 Å². The minimum atomic E-state index is -4.81. The molecular weight excluding hydrogens is 453 g/mol. The molecule has 2 saturated heterocycles. The van der Waals surface area contributed by atoms with E-state index in [2.05, 4.69) is 4.85 Å². The van der Waals surface area contributed by atoms with Crippen LogP contribution in [0.3, 0.4) is 0 Å². The van der Waals surface area contributed by atoms with Crippen molar-refractivity contribution in [2.75, 3.05) is 11.4 Å². The Labute approximate surface area is 184 Å². The Bertz CT molecular complexity index is 1100. The Kier molecular flexibility index (Phi) is 5.72. The molecule has 1 aromatic rings. The zero-order valence-electron chi connectivity index (χ0n) is 16.9. The molecule has 0 aromatic heterocycles. The lowest BCUT2D eigenvalue weighted by Crippen LogP contribution is -2.69. The molecule has 168 valence electrons. The summed E-state index contributed by atoms with van der Waals surface area (Å²) in [6, 6.07) is 2.91. The lowest BCUT2D eigenvalue weighted by atomic mass is 9.99. The number of anilines is 1. The maximum absolute atomic E-state index is 13.5. The number of halogens is 3. The fraction of sp³-hybridized carbons (Fsp3) is 0.526. The molecule has 0 aliphatic carbocycles. The largest absolute Gasteiger partial charge is 0.407 e. The maximum Gasteiger partial charge on any atom is 0.407 e. The number of benzene rings is 1. The van der Waals surface area contributed by atoms with Gasteiger partial charge in [-0.05, 0) is 31.4 Å². The second-order valence-corrected chi connectivity index (χ2v) is 10.4. The van der Waals surface area contributed by atoms with Gasteiger partial charge in [0.05, 0.1) is 24.4 Å². The summed E-state index contributed by atoms with van der Waals surface area (Å²) in [5, 5.41) is 4.27. The Morgan fingerprint density at radius 3 is 2.48 bits per heavy atom. The minimum absolute atomic E-state index is 0.0976. The average Bonchev–Trinajstić information content (AvgIpc) is 2.84. The lowest BCUT2D eigenvalue weighted by molar-refractivity contribution is -0.883. The van der Waals surface area contributed by atoms with Crippen LogP contribution in [0.2, 0.25) is 0 Å². The van der Waals surface area contributed by atoms with Crippen LogP contribution in [-0.2, 0) is 21.0 Å². The monoisotopic (exact) mass is 475 g/mol. The number of carbonyl (C=O) groups is 1. The van der Waals surface area contributed by atoms with Crippen LogP contribution < -0.4 is 10.0 Å². The molecule has 2 N–H and O–H groups in total. The van der Waals surface area contributed by atoms with Gasteiger partial charge in [0.1, 0.15) is 0 Å². The number of thiocarbonyl (C=S) groups is 1. The molecule has 0 bridgehead atoms. The first-order chi connectivity index (χ1) is 14.2. The first-order valence-corrected chi connectivity index (χ1v) is 11.6. The summed E-state index contributed by atoms with van der Waals surface area (Å²) >= 11 is 5.60. The van der Waals surface area contributed by atoms with E-state index in [1.165, 1.54) is 6.07 Å². The van der Waals surface area contributed by atoms with E-state index in [1.807, 2.05) is 0 Å². The van der Waals surface area contributed by atoms with Gasteiger partial charge in [-0.15, -0.1) is 0 Å². The molecule has 31 heavy (non-hydrogen) atoms. The van der Waals surface area contributed by atoms with Crippen molar-refractivity contribution in [2.45, 2.75) is 56.6 Å². The van der Waals surface area contributed by atoms with E-state index in [0.29, 0.717) is 18.9 Å². The van der Waals surface area contributed by atoms with Gasteiger partial charge < -0.3 is 0 Å². The molecule has 1 amide bonds. The van der Waals surface area contributed by atoms with E-state index >= 15 is 0 Å². The Hall–Kier alpha value is -2.07. The van der Waals surface area contributed by atoms with Crippen LogP contribution in [0.1, 0.15) is 45.1 Å². The number of amides is 1. The molecule has 2 unspecified atom stereocenters. The number of carbonyl (C=O) groups excluding carboxylic acids is 1. The minimum Gasteiger partial charge on any atom is -0.267 e. The highest BCUT2D eigenvalue weighted by molar-refractivity contribution is 7.89. The summed E-state index contributed by atoms with van der Waals surface area (Å²) in [5.74, 6) is -0.614. The number of hydrogen-bond donors (Lipinski definition) is 1. The molecule has 2 aliphatic heterocycles. The number of sulfonamides is 1. The van der Waals surface area contributed by atoms with Crippen molar-refractivity contribution >= 4 is 44.6 Å². The average molecular weight is 476 g/mol. The van der Waals surface area contributed by atoms with Gasteiger partial charge in [0.15, 0.2) is 11.2 Å². The van der Waals surface area contributed by atoms with Crippen LogP contribution in [-0.4, -0.2) is 41.4 Å². The van der Waals surface area contributed by atoms with Gasteiger partial charge in [-0.2, -0.15) is 13.2 Å². The van der Waals surface area contributed by atoms with Gasteiger partial charge in [-0.3, -0.25) is 4.79 Å². The van der Waals surface area contributed by atoms with Crippen LogP contribution in [0.5, 0.6) is 0 Å². The SMILES string of the molecule is [C-]#[N+]c1ccc(N2C(=O)C(C)(C)[N+]3(CCCCCC3S(N)(=O)=O)C2=S)cc1C(F)(F)F. The normalized spacial score (nSPS) is 26.7. The van der Waals surface area contributed by atoms with Crippen molar-refractivity contribution in [3.8, 4) is 0 Å². The van der Waals surface area contributed by atoms with E-state index in [4.69, 9.17) is 23.9 Å². The number of alkyl halides is 3. The zero-order chi connectivity index (χ0) is 23.4. The highest BCUT2D eigenvalue weighted by Crippen LogP contribution is 2.47. The molecule has 3 rings (SSSR count). The smallest absolute Gasteiger partial charge is 0.267 e. The fourth-order valence-corrected chi connectivity index (χ4v) is 6.83. The second-order valence-electron chi connectivity index (χ2n) is 8.28. The van der Waals surface area contributed by atoms with Crippen molar-refractivity contribution < 1.29 is 30.9 Å². The molecule has 2 heterocycles. The highest BCUT2D eigenvalue weighted by Gasteiger charge is 2.68. The van der Waals surface area contributed by atoms with Gasteiger partial charge >= 0.3 is 6.18 Å². The zero-order valence-corrected chi connectivity index (χ0v) is 18.6. The van der Waals surface area contributed by atoms with Gasteiger partial charge in [-0.1, -0.05) is 6.07 Å². The van der Waals surface area contributed by atoms with Crippen LogP contribution in [0.4, 0.5) is 24.5 Å². The number of hydrogen-bond acceptors (Lipinski definition) is 4. The van der Waals surface area contributed by atoms with E-state index in [0.717, 1.165) is 17.4 Å². The summed E-state index contributed by atoms with van der Waals surface area (Å²) in [6.07, 6.45) is -2.74. The standard InChI is InChI=1S/C19H22F3N4O3S2/c1-18(2)16(27)25(12-8-9-14(24-3)13(11-12)19(20,21)22)17(30)26(18)10-6-4-5-7-15(26)31(23,28)29/h8-9,11,15H,4-7,10H2,1-2H3,(H2,23,28,29)/q+1. The Balaban J connectivity index is 2.24. The first-order valence-electron chi connectivity index (χ1n) is 9.57. The third-order valence-corrected chi connectivity index (χ3v) is 8.12. The van der Waals surface area contributed by atoms with Crippen LogP contribution in [0.25, 0.3) is 4.85 Å². The van der Waals surface area contributed by atoms with Crippen molar-refractivity contribution in [3.05, 3.63) is 35.2 Å². The lowest BCUT2D eigenvalue weighted by Gasteiger charge is -2.45. The predicted octanol–water partition coefficient (Wildman–Crippen LogP) is 3.67. The maximum atomic E-state index is 13.5. The Morgan fingerprint density at radius 2 is 1.94 bits per heavy atom. The molecular formula is C19H22F3N4O3S2+. The molecule has 2 fully saturated rings. The quantitative estimate of drug-likeness (QED) is 0.402. The predicted molar refractivity (Wildman–Crippen MR) is 112 cm³/mol. The van der Waals surface area contributed by atoms with E-state index in [1.54, 1.807) is 13.8 Å². The summed E-state index contributed by atoms with van der Waals surface area (Å²) in [7, 11) is -4.13. The van der Waals surface area contributed by atoms with Crippen molar-refractivity contribution in [2.24, 2.45) is 5.14 Å². The van der Waals surface area contributed by atoms with Gasteiger partial charge in [0, 0.05) is 32.5 Å². The van der Waals surface area contributed by atoms with Gasteiger partial charge in [-0.25, -0.2) is 27.8 Å². The summed E-state index contributed by atoms with van der Waals surface area (Å²) < 4.78 is 65.1. The highest BCUT2D eigenvalue weighted by atomic mass is 32.2. The molecule has 7 nitrogen and oxygen atoms in total. The van der Waals surface area contributed by atoms with Crippen LogP contribution in [0.15, 0.2) is 18.2 Å². The third kappa shape index (κ3) is 3.53. The van der Waals surface area contributed by atoms with Crippen molar-refractivity contribution in [3.63, 3.8) is 0 Å². The van der Waals surface area contributed by atoms with E-state index in [9.17, 15) is 26.4 Å². The van der Waals surface area contributed by atoms with Crippen molar-refractivity contribution in [1.29, 1.82) is 0 Å². The molecule has 1 spiro atoms. The number of primary sulfonamides is 1. The van der Waals surface area contributed by atoms with E-state index < -0.39 is 48.8 Å². The summed E-state index contributed by atoms with van der Waals surface area (Å²) in [4.78, 5) is 17.3. The number of nitrogens with two attached hydrogens (primary N) is 1. The van der Waals surface area contributed by atoms with Gasteiger partial charge in [0.2, 0.25) is 5.37 Å². The van der Waals surface area contributed by atoms with Gasteiger partial charge in [0.25, 0.3) is 21.0 Å². The number of rotatable bonds is 2. The number of nitrogens with zero attached hydrogens (tertiary/aromatic N) is 3. The van der Waals surface area contributed by atoms with Crippen molar-refractivity contribution in [1.82, 2.24) is 0 Å². The van der Waals surface area contributed by atoms with Crippen LogP contribution >= 0.6 is 12.2 Å².